The van der Waals surface area contributed by atoms with Crippen molar-refractivity contribution in [3.63, 3.8) is 0 Å². The molecular weight excluding hydrogens is 418 g/mol. The molecule has 7 heteroatoms. The molecule has 4 rings (SSSR count). The maximum atomic E-state index is 12.6. The fraction of sp³-hybridized carbons (Fsp3) is 0.240. The molecule has 3 aromatic carbocycles. The number of hydrogen-bond donors (Lipinski definition) is 1. The zero-order chi connectivity index (χ0) is 22.5. The van der Waals surface area contributed by atoms with Crippen molar-refractivity contribution < 1.29 is 4.79 Å². The Morgan fingerprint density at radius 2 is 1.69 bits per heavy atom. The van der Waals surface area contributed by atoms with Crippen LogP contribution in [0, 0.1) is 0 Å². The van der Waals surface area contributed by atoms with Gasteiger partial charge in [0.1, 0.15) is 0 Å². The van der Waals surface area contributed by atoms with Crippen LogP contribution in [-0.4, -0.2) is 39.5 Å². The number of fused-ring (bicyclic) bond motifs is 1. The van der Waals surface area contributed by atoms with Crippen LogP contribution >= 0.6 is 11.8 Å². The second kappa shape index (κ2) is 9.87. The summed E-state index contributed by atoms with van der Waals surface area (Å²) in [7, 11) is 1.93. The Morgan fingerprint density at radius 1 is 0.969 bits per heavy atom. The van der Waals surface area contributed by atoms with Gasteiger partial charge in [0, 0.05) is 42.5 Å². The third kappa shape index (κ3) is 4.62. The Labute approximate surface area is 192 Å². The van der Waals surface area contributed by atoms with E-state index in [4.69, 9.17) is 0 Å². The first-order chi connectivity index (χ1) is 15.6. The Hall–Kier alpha value is -3.32. The van der Waals surface area contributed by atoms with Crippen LogP contribution in [0.25, 0.3) is 22.2 Å². The molecule has 1 amide bonds. The summed E-state index contributed by atoms with van der Waals surface area (Å²) >= 11 is 1.38. The van der Waals surface area contributed by atoms with E-state index in [9.17, 15) is 4.79 Å². The topological polar surface area (TPSA) is 63.1 Å². The van der Waals surface area contributed by atoms with Gasteiger partial charge in [-0.05, 0) is 49.6 Å². The third-order valence-electron chi connectivity index (χ3n) is 5.49. The molecule has 0 bridgehead atoms. The van der Waals surface area contributed by atoms with E-state index in [1.807, 2.05) is 54.1 Å². The van der Waals surface area contributed by atoms with Crippen LogP contribution in [0.3, 0.4) is 0 Å². The minimum absolute atomic E-state index is 0.0699. The standard InChI is InChI=1S/C25H27N5OS/c1-4-30(5-2)20-15-13-19(14-16-20)24-27-28-25(29(24)3)32-17-23(31)26-22-12-8-10-18-9-6-7-11-21(18)22/h6-16H,4-5,17H2,1-3H3,(H,26,31). The molecule has 1 heterocycles. The van der Waals surface area contributed by atoms with Crippen molar-refractivity contribution in [2.45, 2.75) is 19.0 Å². The smallest absolute Gasteiger partial charge is 0.234 e. The normalized spacial score (nSPS) is 11.0. The molecule has 164 valence electrons. The Balaban J connectivity index is 1.42. The lowest BCUT2D eigenvalue weighted by molar-refractivity contribution is -0.113. The lowest BCUT2D eigenvalue weighted by Crippen LogP contribution is -2.21. The van der Waals surface area contributed by atoms with Gasteiger partial charge in [0.25, 0.3) is 0 Å². The minimum atomic E-state index is -0.0699. The zero-order valence-electron chi connectivity index (χ0n) is 18.6. The van der Waals surface area contributed by atoms with Crippen molar-refractivity contribution >= 4 is 39.8 Å². The van der Waals surface area contributed by atoms with E-state index in [1.54, 1.807) is 0 Å². The SMILES string of the molecule is CCN(CC)c1ccc(-c2nnc(SCC(=O)Nc3cccc4ccccc34)n2C)cc1. The molecule has 0 atom stereocenters. The largest absolute Gasteiger partial charge is 0.372 e. The van der Waals surface area contributed by atoms with Gasteiger partial charge in [0.15, 0.2) is 11.0 Å². The van der Waals surface area contributed by atoms with Crippen LogP contribution < -0.4 is 10.2 Å². The molecule has 32 heavy (non-hydrogen) atoms. The van der Waals surface area contributed by atoms with Crippen LogP contribution in [0.5, 0.6) is 0 Å². The molecule has 1 aromatic heterocycles. The number of benzene rings is 3. The highest BCUT2D eigenvalue weighted by Crippen LogP contribution is 2.26. The van der Waals surface area contributed by atoms with Crippen molar-refractivity contribution in [3.05, 3.63) is 66.7 Å². The summed E-state index contributed by atoms with van der Waals surface area (Å²) in [5, 5.41) is 14.5. The van der Waals surface area contributed by atoms with Gasteiger partial charge < -0.3 is 14.8 Å². The molecule has 4 aromatic rings. The average molecular weight is 446 g/mol. The van der Waals surface area contributed by atoms with E-state index in [-0.39, 0.29) is 11.7 Å². The third-order valence-corrected chi connectivity index (χ3v) is 6.51. The minimum Gasteiger partial charge on any atom is -0.372 e. The molecule has 0 aliphatic rings. The highest BCUT2D eigenvalue weighted by Gasteiger charge is 2.14. The number of nitrogens with zero attached hydrogens (tertiary/aromatic N) is 4. The zero-order valence-corrected chi connectivity index (χ0v) is 19.4. The number of carbonyl (C=O) groups excluding carboxylic acids is 1. The number of rotatable bonds is 8. The summed E-state index contributed by atoms with van der Waals surface area (Å²) in [6.07, 6.45) is 0. The van der Waals surface area contributed by atoms with Crippen molar-refractivity contribution in [2.75, 3.05) is 29.1 Å². The molecule has 0 aliphatic heterocycles. The fourth-order valence-electron chi connectivity index (χ4n) is 3.75. The van der Waals surface area contributed by atoms with Gasteiger partial charge in [0.2, 0.25) is 5.91 Å². The van der Waals surface area contributed by atoms with Crippen LogP contribution in [0.4, 0.5) is 11.4 Å². The maximum Gasteiger partial charge on any atom is 0.234 e. The van der Waals surface area contributed by atoms with E-state index in [0.717, 1.165) is 40.9 Å². The monoisotopic (exact) mass is 445 g/mol. The number of hydrogen-bond acceptors (Lipinski definition) is 5. The molecular formula is C25H27N5OS. The Kier molecular flexibility index (Phi) is 6.75. The van der Waals surface area contributed by atoms with E-state index in [2.05, 4.69) is 58.5 Å². The van der Waals surface area contributed by atoms with Crippen LogP contribution in [0.1, 0.15) is 13.8 Å². The van der Waals surface area contributed by atoms with Gasteiger partial charge in [-0.1, -0.05) is 48.2 Å². The van der Waals surface area contributed by atoms with Crippen molar-refractivity contribution in [1.82, 2.24) is 14.8 Å². The van der Waals surface area contributed by atoms with Gasteiger partial charge in [-0.3, -0.25) is 4.79 Å². The molecule has 0 unspecified atom stereocenters. The molecule has 0 radical (unpaired) electrons. The van der Waals surface area contributed by atoms with E-state index < -0.39 is 0 Å². The number of aromatic nitrogens is 3. The van der Waals surface area contributed by atoms with Gasteiger partial charge in [-0.2, -0.15) is 0 Å². The number of anilines is 2. The summed E-state index contributed by atoms with van der Waals surface area (Å²) in [5.74, 6) is 0.975. The lowest BCUT2D eigenvalue weighted by atomic mass is 10.1. The quantitative estimate of drug-likeness (QED) is 0.377. The molecule has 0 fully saturated rings. The summed E-state index contributed by atoms with van der Waals surface area (Å²) in [6, 6.07) is 22.3. The molecule has 0 saturated carbocycles. The predicted octanol–water partition coefficient (Wildman–Crippen LogP) is 5.21. The van der Waals surface area contributed by atoms with Gasteiger partial charge in [-0.25, -0.2) is 0 Å². The first-order valence-electron chi connectivity index (χ1n) is 10.8. The van der Waals surface area contributed by atoms with Crippen molar-refractivity contribution in [1.29, 1.82) is 0 Å². The van der Waals surface area contributed by atoms with Gasteiger partial charge in [0.05, 0.1) is 5.75 Å². The lowest BCUT2D eigenvalue weighted by Gasteiger charge is -2.21. The van der Waals surface area contributed by atoms with E-state index in [0.29, 0.717) is 5.16 Å². The first kappa shape index (κ1) is 21.9. The van der Waals surface area contributed by atoms with Gasteiger partial charge >= 0.3 is 0 Å². The highest BCUT2D eigenvalue weighted by atomic mass is 32.2. The number of carbonyl (C=O) groups is 1. The van der Waals surface area contributed by atoms with Crippen LogP contribution in [0.2, 0.25) is 0 Å². The Bertz CT molecular complexity index is 1210. The number of amides is 1. The molecule has 6 nitrogen and oxygen atoms in total. The van der Waals surface area contributed by atoms with Crippen LogP contribution in [-0.2, 0) is 11.8 Å². The van der Waals surface area contributed by atoms with E-state index in [1.165, 1.54) is 17.4 Å². The predicted molar refractivity (Wildman–Crippen MR) is 133 cm³/mol. The molecule has 1 N–H and O–H groups in total. The molecule has 0 aliphatic carbocycles. The summed E-state index contributed by atoms with van der Waals surface area (Å²) < 4.78 is 1.93. The maximum absolute atomic E-state index is 12.6. The second-order valence-electron chi connectivity index (χ2n) is 7.45. The first-order valence-corrected chi connectivity index (χ1v) is 11.7. The Morgan fingerprint density at radius 3 is 2.44 bits per heavy atom. The molecule has 0 saturated heterocycles. The average Bonchev–Trinajstić information content (AvgIpc) is 3.19. The van der Waals surface area contributed by atoms with Crippen LogP contribution in [0.15, 0.2) is 71.9 Å². The number of thioether (sulfide) groups is 1. The van der Waals surface area contributed by atoms with E-state index >= 15 is 0 Å². The summed E-state index contributed by atoms with van der Waals surface area (Å²) in [6.45, 7) is 6.25. The van der Waals surface area contributed by atoms with Crippen molar-refractivity contribution in [2.24, 2.45) is 7.05 Å². The summed E-state index contributed by atoms with van der Waals surface area (Å²) in [5.41, 5.74) is 3.02. The highest BCUT2D eigenvalue weighted by molar-refractivity contribution is 7.99. The second-order valence-corrected chi connectivity index (χ2v) is 8.39. The fourth-order valence-corrected chi connectivity index (χ4v) is 4.46. The van der Waals surface area contributed by atoms with Crippen molar-refractivity contribution in [3.8, 4) is 11.4 Å². The molecule has 0 spiro atoms. The van der Waals surface area contributed by atoms with Gasteiger partial charge in [-0.15, -0.1) is 10.2 Å². The summed E-state index contributed by atoms with van der Waals surface area (Å²) in [4.78, 5) is 14.9. The number of nitrogens with one attached hydrogen (secondary N) is 1.